The van der Waals surface area contributed by atoms with Crippen LogP contribution in [0.1, 0.15) is 19.3 Å². The van der Waals surface area contributed by atoms with E-state index >= 15 is 0 Å². The summed E-state index contributed by atoms with van der Waals surface area (Å²) in [5.41, 5.74) is 2.69. The van der Waals surface area contributed by atoms with Crippen molar-refractivity contribution in [2.75, 3.05) is 25.1 Å². The summed E-state index contributed by atoms with van der Waals surface area (Å²) in [6.07, 6.45) is 4.58. The van der Waals surface area contributed by atoms with Crippen LogP contribution in [-0.4, -0.2) is 36.1 Å². The van der Waals surface area contributed by atoms with E-state index in [1.165, 1.54) is 0 Å². The largest absolute Gasteiger partial charge is 0.486 e. The SMILES string of the molecule is c1nc(Nc2ccc3c(c2)OCCO3)cc(-c2ccc(OC3CCCCO3)cc2)n1. The molecule has 5 rings (SSSR count). The molecule has 0 bridgehead atoms. The summed E-state index contributed by atoms with van der Waals surface area (Å²) in [6.45, 7) is 1.90. The van der Waals surface area contributed by atoms with Gasteiger partial charge in [0, 0.05) is 29.8 Å². The Morgan fingerprint density at radius 1 is 0.867 bits per heavy atom. The molecule has 1 fully saturated rings. The van der Waals surface area contributed by atoms with Crippen LogP contribution in [0.5, 0.6) is 17.2 Å². The molecule has 3 aromatic rings. The lowest BCUT2D eigenvalue weighted by Crippen LogP contribution is -2.24. The molecule has 7 nitrogen and oxygen atoms in total. The predicted octanol–water partition coefficient (Wildman–Crippen LogP) is 4.56. The van der Waals surface area contributed by atoms with Crippen molar-refractivity contribution in [2.24, 2.45) is 0 Å². The number of nitrogens with one attached hydrogen (secondary N) is 1. The molecular formula is C23H23N3O4. The molecule has 1 saturated heterocycles. The Hall–Kier alpha value is -3.32. The van der Waals surface area contributed by atoms with Crippen LogP contribution in [0.15, 0.2) is 54.9 Å². The smallest absolute Gasteiger partial charge is 0.199 e. The Balaban J connectivity index is 1.28. The van der Waals surface area contributed by atoms with Crippen molar-refractivity contribution in [1.29, 1.82) is 0 Å². The molecule has 1 N–H and O–H groups in total. The minimum atomic E-state index is -0.148. The highest BCUT2D eigenvalue weighted by atomic mass is 16.7. The number of hydrogen-bond donors (Lipinski definition) is 1. The molecule has 0 radical (unpaired) electrons. The second-order valence-electron chi connectivity index (χ2n) is 7.21. The number of aromatic nitrogens is 2. The van der Waals surface area contributed by atoms with E-state index in [0.29, 0.717) is 19.0 Å². The van der Waals surface area contributed by atoms with Crippen molar-refractivity contribution in [1.82, 2.24) is 9.97 Å². The highest BCUT2D eigenvalue weighted by molar-refractivity contribution is 5.67. The lowest BCUT2D eigenvalue weighted by atomic mass is 10.1. The molecule has 3 heterocycles. The highest BCUT2D eigenvalue weighted by Gasteiger charge is 2.15. The molecule has 30 heavy (non-hydrogen) atoms. The molecule has 2 aliphatic heterocycles. The number of fused-ring (bicyclic) bond motifs is 1. The minimum Gasteiger partial charge on any atom is -0.486 e. The third kappa shape index (κ3) is 4.31. The zero-order valence-electron chi connectivity index (χ0n) is 16.5. The van der Waals surface area contributed by atoms with Gasteiger partial charge >= 0.3 is 0 Å². The standard InChI is InChI=1S/C23H23N3O4/c1-2-10-29-23(3-1)30-18-7-4-16(5-8-18)19-14-22(25-15-24-19)26-17-6-9-20-21(13-17)28-12-11-27-20/h4-9,13-15,23H,1-3,10-12H2,(H,24,25,26). The molecule has 0 amide bonds. The van der Waals surface area contributed by atoms with Crippen molar-refractivity contribution >= 4 is 11.5 Å². The van der Waals surface area contributed by atoms with Crippen molar-refractivity contribution in [3.8, 4) is 28.5 Å². The number of benzene rings is 2. The second-order valence-corrected chi connectivity index (χ2v) is 7.21. The molecule has 0 spiro atoms. The first kappa shape index (κ1) is 18.7. The van der Waals surface area contributed by atoms with E-state index in [0.717, 1.165) is 60.1 Å². The number of ether oxygens (including phenoxy) is 4. The molecule has 1 aromatic heterocycles. The molecule has 154 valence electrons. The van der Waals surface area contributed by atoms with Crippen LogP contribution < -0.4 is 19.5 Å². The van der Waals surface area contributed by atoms with Crippen LogP contribution in [0.4, 0.5) is 11.5 Å². The molecule has 0 aliphatic carbocycles. The maximum atomic E-state index is 5.90. The average molecular weight is 405 g/mol. The lowest BCUT2D eigenvalue weighted by molar-refractivity contribution is -0.105. The van der Waals surface area contributed by atoms with E-state index in [1.54, 1.807) is 6.33 Å². The van der Waals surface area contributed by atoms with Crippen molar-refractivity contribution in [2.45, 2.75) is 25.6 Å². The molecule has 7 heteroatoms. The maximum absolute atomic E-state index is 5.90. The van der Waals surface area contributed by atoms with E-state index in [1.807, 2.05) is 48.5 Å². The van der Waals surface area contributed by atoms with E-state index in [-0.39, 0.29) is 6.29 Å². The normalized spacial score (nSPS) is 17.9. The quantitative estimate of drug-likeness (QED) is 0.667. The Bertz CT molecular complexity index is 1000. The first-order valence-electron chi connectivity index (χ1n) is 10.2. The summed E-state index contributed by atoms with van der Waals surface area (Å²) in [7, 11) is 0. The second kappa shape index (κ2) is 8.59. The van der Waals surface area contributed by atoms with Gasteiger partial charge in [-0.15, -0.1) is 0 Å². The number of nitrogens with zero attached hydrogens (tertiary/aromatic N) is 2. The summed E-state index contributed by atoms with van der Waals surface area (Å²) in [4.78, 5) is 8.74. The fourth-order valence-electron chi connectivity index (χ4n) is 3.51. The molecule has 1 unspecified atom stereocenters. The van der Waals surface area contributed by atoms with Crippen LogP contribution in [0, 0.1) is 0 Å². The maximum Gasteiger partial charge on any atom is 0.199 e. The van der Waals surface area contributed by atoms with Crippen LogP contribution in [0.25, 0.3) is 11.3 Å². The summed E-state index contributed by atoms with van der Waals surface area (Å²) in [6, 6.07) is 15.5. The van der Waals surface area contributed by atoms with Crippen LogP contribution >= 0.6 is 0 Å². The van der Waals surface area contributed by atoms with E-state index in [2.05, 4.69) is 15.3 Å². The van der Waals surface area contributed by atoms with Gasteiger partial charge in [-0.3, -0.25) is 0 Å². The highest BCUT2D eigenvalue weighted by Crippen LogP contribution is 2.33. The fourth-order valence-corrected chi connectivity index (χ4v) is 3.51. The molecule has 0 saturated carbocycles. The van der Waals surface area contributed by atoms with Gasteiger partial charge in [0.15, 0.2) is 17.8 Å². The monoisotopic (exact) mass is 405 g/mol. The van der Waals surface area contributed by atoms with Gasteiger partial charge in [-0.25, -0.2) is 9.97 Å². The Morgan fingerprint density at radius 2 is 1.73 bits per heavy atom. The Kier molecular flexibility index (Phi) is 5.35. The number of rotatable bonds is 5. The molecule has 2 aromatic carbocycles. The van der Waals surface area contributed by atoms with Crippen molar-refractivity contribution in [3.63, 3.8) is 0 Å². The van der Waals surface area contributed by atoms with Gasteiger partial charge in [0.1, 0.15) is 31.1 Å². The Morgan fingerprint density at radius 3 is 2.57 bits per heavy atom. The van der Waals surface area contributed by atoms with Gasteiger partial charge in [-0.2, -0.15) is 0 Å². The van der Waals surface area contributed by atoms with Gasteiger partial charge in [0.2, 0.25) is 0 Å². The fraction of sp³-hybridized carbons (Fsp3) is 0.304. The van der Waals surface area contributed by atoms with Crippen LogP contribution in [0.2, 0.25) is 0 Å². The summed E-state index contributed by atoms with van der Waals surface area (Å²) in [5, 5.41) is 3.30. The zero-order chi connectivity index (χ0) is 20.2. The predicted molar refractivity (Wildman–Crippen MR) is 112 cm³/mol. The first-order valence-corrected chi connectivity index (χ1v) is 10.2. The molecule has 2 aliphatic rings. The summed E-state index contributed by atoms with van der Waals surface area (Å²) >= 11 is 0. The summed E-state index contributed by atoms with van der Waals surface area (Å²) < 4.78 is 22.7. The van der Waals surface area contributed by atoms with Crippen molar-refractivity contribution < 1.29 is 18.9 Å². The van der Waals surface area contributed by atoms with Crippen LogP contribution in [-0.2, 0) is 4.74 Å². The van der Waals surface area contributed by atoms with Gasteiger partial charge < -0.3 is 24.3 Å². The van der Waals surface area contributed by atoms with E-state index in [9.17, 15) is 0 Å². The van der Waals surface area contributed by atoms with E-state index < -0.39 is 0 Å². The molecule has 1 atom stereocenters. The minimum absolute atomic E-state index is 0.148. The van der Waals surface area contributed by atoms with Gasteiger partial charge in [-0.1, -0.05) is 0 Å². The number of anilines is 2. The lowest BCUT2D eigenvalue weighted by Gasteiger charge is -2.23. The van der Waals surface area contributed by atoms with Crippen LogP contribution in [0.3, 0.4) is 0 Å². The summed E-state index contributed by atoms with van der Waals surface area (Å²) in [5.74, 6) is 3.00. The average Bonchev–Trinajstić information content (AvgIpc) is 2.80. The topological polar surface area (TPSA) is 74.7 Å². The van der Waals surface area contributed by atoms with E-state index in [4.69, 9.17) is 18.9 Å². The van der Waals surface area contributed by atoms with Gasteiger partial charge in [0.05, 0.1) is 12.3 Å². The first-order chi connectivity index (χ1) is 14.8. The zero-order valence-corrected chi connectivity index (χ0v) is 16.5. The van der Waals surface area contributed by atoms with Gasteiger partial charge in [-0.05, 0) is 49.2 Å². The molecular weight excluding hydrogens is 382 g/mol. The van der Waals surface area contributed by atoms with Crippen molar-refractivity contribution in [3.05, 3.63) is 54.9 Å². The van der Waals surface area contributed by atoms with Gasteiger partial charge in [0.25, 0.3) is 0 Å². The number of hydrogen-bond acceptors (Lipinski definition) is 7. The third-order valence-corrected chi connectivity index (χ3v) is 5.04. The Labute approximate surface area is 175 Å². The third-order valence-electron chi connectivity index (χ3n) is 5.04.